The first-order valence-electron chi connectivity index (χ1n) is 3.46. The van der Waals surface area contributed by atoms with Crippen LogP contribution in [0.4, 0.5) is 0 Å². The second kappa shape index (κ2) is 1.06. The van der Waals surface area contributed by atoms with Crippen molar-refractivity contribution in [1.29, 1.82) is 0 Å². The predicted molar refractivity (Wildman–Crippen MR) is 33.1 cm³/mol. The molecule has 2 nitrogen and oxygen atoms in total. The lowest BCUT2D eigenvalue weighted by Crippen LogP contribution is -1.94. The Morgan fingerprint density at radius 1 is 1.67 bits per heavy atom. The monoisotopic (exact) mass is 120 g/mol. The van der Waals surface area contributed by atoms with Crippen molar-refractivity contribution in [3.63, 3.8) is 0 Å². The van der Waals surface area contributed by atoms with Gasteiger partial charge in [-0.15, -0.1) is 0 Å². The Bertz CT molecular complexity index is 251. The summed E-state index contributed by atoms with van der Waals surface area (Å²) in [6.07, 6.45) is 5.39. The van der Waals surface area contributed by atoms with Gasteiger partial charge in [-0.25, -0.2) is 4.98 Å². The largest absolute Gasteiger partial charge is 0.334 e. The van der Waals surface area contributed by atoms with Gasteiger partial charge in [-0.3, -0.25) is 0 Å². The Morgan fingerprint density at radius 3 is 3.56 bits per heavy atom. The SMILES string of the molecule is c1cn2c(n1)C1CC1C2. The van der Waals surface area contributed by atoms with Crippen molar-refractivity contribution >= 4 is 0 Å². The fourth-order valence-corrected chi connectivity index (χ4v) is 1.82. The lowest BCUT2D eigenvalue weighted by atomic mass is 10.4. The average molecular weight is 120 g/mol. The van der Waals surface area contributed by atoms with Crippen LogP contribution < -0.4 is 0 Å². The van der Waals surface area contributed by atoms with Crippen LogP contribution in [-0.2, 0) is 6.54 Å². The fourth-order valence-electron chi connectivity index (χ4n) is 1.82. The minimum absolute atomic E-state index is 0.847. The third kappa shape index (κ3) is 0.363. The molecular weight excluding hydrogens is 112 g/mol. The van der Waals surface area contributed by atoms with E-state index in [0.29, 0.717) is 0 Å². The molecule has 0 radical (unpaired) electrons. The van der Waals surface area contributed by atoms with E-state index in [9.17, 15) is 0 Å². The topological polar surface area (TPSA) is 17.8 Å². The highest BCUT2D eigenvalue weighted by Crippen LogP contribution is 2.52. The van der Waals surface area contributed by atoms with Crippen LogP contribution in [0.15, 0.2) is 12.4 Å². The van der Waals surface area contributed by atoms with Gasteiger partial charge in [-0.05, 0) is 12.3 Å². The average Bonchev–Trinajstić information content (AvgIpc) is 2.38. The minimum Gasteiger partial charge on any atom is -0.334 e. The van der Waals surface area contributed by atoms with Crippen molar-refractivity contribution in [2.75, 3.05) is 0 Å². The number of hydrogen-bond acceptors (Lipinski definition) is 1. The van der Waals surface area contributed by atoms with Crippen LogP contribution in [0.5, 0.6) is 0 Å². The van der Waals surface area contributed by atoms with Gasteiger partial charge in [0, 0.05) is 24.9 Å². The lowest BCUT2D eigenvalue weighted by molar-refractivity contribution is 0.669. The molecule has 1 aromatic heterocycles. The van der Waals surface area contributed by atoms with E-state index in [4.69, 9.17) is 0 Å². The van der Waals surface area contributed by atoms with Crippen LogP contribution >= 0.6 is 0 Å². The highest BCUT2D eigenvalue weighted by molar-refractivity contribution is 5.17. The zero-order valence-electron chi connectivity index (χ0n) is 5.12. The molecule has 1 fully saturated rings. The molecule has 0 amide bonds. The van der Waals surface area contributed by atoms with E-state index in [2.05, 4.69) is 15.7 Å². The maximum atomic E-state index is 4.28. The molecular formula is C7H8N2. The van der Waals surface area contributed by atoms with Gasteiger partial charge in [-0.1, -0.05) is 0 Å². The van der Waals surface area contributed by atoms with Gasteiger partial charge in [0.05, 0.1) is 0 Å². The zero-order chi connectivity index (χ0) is 5.84. The highest BCUT2D eigenvalue weighted by Gasteiger charge is 2.46. The summed E-state index contributed by atoms with van der Waals surface area (Å²) < 4.78 is 2.28. The summed E-state index contributed by atoms with van der Waals surface area (Å²) in [4.78, 5) is 4.28. The Labute approximate surface area is 53.5 Å². The molecule has 1 aliphatic heterocycles. The van der Waals surface area contributed by atoms with Gasteiger partial charge in [0.2, 0.25) is 0 Å². The molecule has 1 aliphatic carbocycles. The summed E-state index contributed by atoms with van der Waals surface area (Å²) >= 11 is 0. The molecule has 2 atom stereocenters. The second-order valence-corrected chi connectivity index (χ2v) is 3.04. The third-order valence-electron chi connectivity index (χ3n) is 2.43. The van der Waals surface area contributed by atoms with Crippen LogP contribution in [0.25, 0.3) is 0 Å². The van der Waals surface area contributed by atoms with Crippen molar-refractivity contribution in [2.24, 2.45) is 5.92 Å². The summed E-state index contributed by atoms with van der Waals surface area (Å²) in [5.41, 5.74) is 0. The number of hydrogen-bond donors (Lipinski definition) is 0. The molecule has 9 heavy (non-hydrogen) atoms. The molecule has 46 valence electrons. The molecule has 0 saturated heterocycles. The van der Waals surface area contributed by atoms with Gasteiger partial charge in [-0.2, -0.15) is 0 Å². The van der Waals surface area contributed by atoms with Crippen molar-refractivity contribution in [3.05, 3.63) is 18.2 Å². The van der Waals surface area contributed by atoms with E-state index < -0.39 is 0 Å². The zero-order valence-corrected chi connectivity index (χ0v) is 5.12. The first-order chi connectivity index (χ1) is 4.45. The Hall–Kier alpha value is -0.790. The van der Waals surface area contributed by atoms with E-state index in [-0.39, 0.29) is 0 Å². The van der Waals surface area contributed by atoms with E-state index in [0.717, 1.165) is 11.8 Å². The number of imidazole rings is 1. The summed E-state index contributed by atoms with van der Waals surface area (Å²) in [6.45, 7) is 1.24. The molecule has 0 N–H and O–H groups in total. The first kappa shape index (κ1) is 4.09. The number of nitrogens with zero attached hydrogens (tertiary/aromatic N) is 2. The van der Waals surface area contributed by atoms with Crippen molar-refractivity contribution in [2.45, 2.75) is 18.9 Å². The molecule has 1 saturated carbocycles. The maximum Gasteiger partial charge on any atom is 0.112 e. The molecule has 2 unspecified atom stereocenters. The normalized spacial score (nSPS) is 36.0. The second-order valence-electron chi connectivity index (χ2n) is 3.04. The molecule has 0 spiro atoms. The van der Waals surface area contributed by atoms with Crippen LogP contribution in [-0.4, -0.2) is 9.55 Å². The Morgan fingerprint density at radius 2 is 2.67 bits per heavy atom. The van der Waals surface area contributed by atoms with E-state index in [1.807, 2.05) is 6.20 Å². The lowest BCUT2D eigenvalue weighted by Gasteiger charge is -1.95. The highest BCUT2D eigenvalue weighted by atomic mass is 15.1. The Balaban J connectivity index is 2.25. The third-order valence-corrected chi connectivity index (χ3v) is 2.43. The van der Waals surface area contributed by atoms with E-state index >= 15 is 0 Å². The molecule has 2 heterocycles. The molecule has 2 aliphatic rings. The smallest absolute Gasteiger partial charge is 0.112 e. The van der Waals surface area contributed by atoms with Crippen LogP contribution in [0, 0.1) is 5.92 Å². The Kier molecular flexibility index (Phi) is 0.481. The van der Waals surface area contributed by atoms with Crippen LogP contribution in [0.2, 0.25) is 0 Å². The molecule has 2 heteroatoms. The predicted octanol–water partition coefficient (Wildman–Crippen LogP) is 1.00. The maximum absolute atomic E-state index is 4.28. The van der Waals surface area contributed by atoms with Crippen LogP contribution in [0.3, 0.4) is 0 Å². The quantitative estimate of drug-likeness (QED) is 0.499. The van der Waals surface area contributed by atoms with Crippen molar-refractivity contribution in [1.82, 2.24) is 9.55 Å². The number of rotatable bonds is 0. The first-order valence-corrected chi connectivity index (χ1v) is 3.46. The molecule has 0 bridgehead atoms. The van der Waals surface area contributed by atoms with Crippen LogP contribution in [0.1, 0.15) is 18.2 Å². The van der Waals surface area contributed by atoms with Gasteiger partial charge < -0.3 is 4.57 Å². The van der Waals surface area contributed by atoms with E-state index in [1.54, 1.807) is 0 Å². The summed E-state index contributed by atoms with van der Waals surface area (Å²) in [5.74, 6) is 3.15. The van der Waals surface area contributed by atoms with E-state index in [1.165, 1.54) is 18.8 Å². The van der Waals surface area contributed by atoms with Gasteiger partial charge >= 0.3 is 0 Å². The number of fused-ring (bicyclic) bond motifs is 3. The summed E-state index contributed by atoms with van der Waals surface area (Å²) in [5, 5.41) is 0. The molecule has 1 aromatic rings. The van der Waals surface area contributed by atoms with Gasteiger partial charge in [0.1, 0.15) is 5.82 Å². The molecule has 3 rings (SSSR count). The minimum atomic E-state index is 0.847. The molecule has 0 aromatic carbocycles. The van der Waals surface area contributed by atoms with Crippen molar-refractivity contribution in [3.8, 4) is 0 Å². The van der Waals surface area contributed by atoms with Gasteiger partial charge in [0.15, 0.2) is 0 Å². The summed E-state index contributed by atoms with van der Waals surface area (Å²) in [7, 11) is 0. The number of aromatic nitrogens is 2. The summed E-state index contributed by atoms with van der Waals surface area (Å²) in [6, 6.07) is 0. The van der Waals surface area contributed by atoms with Gasteiger partial charge in [0.25, 0.3) is 0 Å². The fraction of sp³-hybridized carbons (Fsp3) is 0.571. The van der Waals surface area contributed by atoms with Crippen molar-refractivity contribution < 1.29 is 0 Å². The standard InChI is InChI=1S/C7H8N2/c1-2-9-4-5-3-6(5)7(9)8-1/h1-2,5-6H,3-4H2.